The summed E-state index contributed by atoms with van der Waals surface area (Å²) in [6.45, 7) is 0.824. The molecule has 0 saturated carbocycles. The molecule has 0 amide bonds. The van der Waals surface area contributed by atoms with Gasteiger partial charge in [-0.3, -0.25) is 0 Å². The third-order valence-corrected chi connectivity index (χ3v) is 3.64. The van der Waals surface area contributed by atoms with Crippen molar-refractivity contribution in [3.05, 3.63) is 71.3 Å². The monoisotopic (exact) mass is 305 g/mol. The predicted octanol–water partition coefficient (Wildman–Crippen LogP) is 3.61. The Labute approximate surface area is 129 Å². The van der Waals surface area contributed by atoms with Crippen molar-refractivity contribution in [1.29, 1.82) is 0 Å². The van der Waals surface area contributed by atoms with E-state index in [1.165, 1.54) is 11.6 Å². The van der Waals surface area contributed by atoms with Gasteiger partial charge in [0.25, 0.3) is 0 Å². The number of aliphatic hydroxyl groups is 1. The number of hydrogen-bond donors (Lipinski definition) is 2. The molecule has 0 aliphatic rings. The minimum atomic E-state index is -0.818. The summed E-state index contributed by atoms with van der Waals surface area (Å²) in [6, 6.07) is 14.2. The lowest BCUT2D eigenvalue weighted by Gasteiger charge is -2.19. The quantitative estimate of drug-likeness (QED) is 0.781. The lowest BCUT2D eigenvalue weighted by atomic mass is 10.0. The van der Waals surface area contributed by atoms with Gasteiger partial charge in [-0.2, -0.15) is 0 Å². The Morgan fingerprint density at radius 2 is 1.77 bits per heavy atom. The highest BCUT2D eigenvalue weighted by atomic mass is 19.2. The SMILES string of the molecule is OCCCC(NCCc1ccc(F)c(F)c1)c1ccccc1. The average Bonchev–Trinajstić information content (AvgIpc) is 2.55. The van der Waals surface area contributed by atoms with Crippen molar-refractivity contribution in [2.24, 2.45) is 0 Å². The third kappa shape index (κ3) is 4.90. The molecule has 22 heavy (non-hydrogen) atoms. The molecule has 0 spiro atoms. The molecule has 2 aromatic rings. The first kappa shape index (κ1) is 16.6. The van der Waals surface area contributed by atoms with E-state index >= 15 is 0 Å². The van der Waals surface area contributed by atoms with Crippen LogP contribution < -0.4 is 5.32 Å². The summed E-state index contributed by atoms with van der Waals surface area (Å²) in [5.41, 5.74) is 1.93. The number of nitrogens with one attached hydrogen (secondary N) is 1. The standard InChI is InChI=1S/C18H21F2NO/c19-16-9-8-14(13-17(16)20)10-11-21-18(7-4-12-22)15-5-2-1-3-6-15/h1-3,5-6,8-9,13,18,21-22H,4,7,10-12H2. The van der Waals surface area contributed by atoms with Crippen LogP contribution in [0.2, 0.25) is 0 Å². The predicted molar refractivity (Wildman–Crippen MR) is 83.6 cm³/mol. The molecule has 2 rings (SSSR count). The number of halogens is 2. The maximum atomic E-state index is 13.2. The molecule has 2 aromatic carbocycles. The van der Waals surface area contributed by atoms with E-state index in [4.69, 9.17) is 5.11 Å². The summed E-state index contributed by atoms with van der Waals surface area (Å²) >= 11 is 0. The van der Waals surface area contributed by atoms with Gasteiger partial charge in [-0.1, -0.05) is 36.4 Å². The fourth-order valence-corrected chi connectivity index (χ4v) is 2.45. The Morgan fingerprint density at radius 1 is 1.00 bits per heavy atom. The van der Waals surface area contributed by atoms with Gasteiger partial charge in [0.1, 0.15) is 0 Å². The fourth-order valence-electron chi connectivity index (χ4n) is 2.45. The van der Waals surface area contributed by atoms with E-state index in [-0.39, 0.29) is 12.6 Å². The molecule has 0 radical (unpaired) electrons. The van der Waals surface area contributed by atoms with E-state index < -0.39 is 11.6 Å². The van der Waals surface area contributed by atoms with Gasteiger partial charge in [0, 0.05) is 12.6 Å². The Morgan fingerprint density at radius 3 is 2.45 bits per heavy atom. The summed E-state index contributed by atoms with van der Waals surface area (Å²) in [4.78, 5) is 0. The van der Waals surface area contributed by atoms with Gasteiger partial charge in [-0.25, -0.2) is 8.78 Å². The van der Waals surface area contributed by atoms with Gasteiger partial charge in [0.05, 0.1) is 0 Å². The van der Waals surface area contributed by atoms with Crippen molar-refractivity contribution in [3.63, 3.8) is 0 Å². The zero-order chi connectivity index (χ0) is 15.8. The first-order chi connectivity index (χ1) is 10.7. The van der Waals surface area contributed by atoms with Crippen LogP contribution in [0, 0.1) is 11.6 Å². The highest BCUT2D eigenvalue weighted by molar-refractivity contribution is 5.20. The molecule has 0 aromatic heterocycles. The molecule has 0 bridgehead atoms. The van der Waals surface area contributed by atoms with Crippen molar-refractivity contribution < 1.29 is 13.9 Å². The van der Waals surface area contributed by atoms with E-state index in [2.05, 4.69) is 5.32 Å². The van der Waals surface area contributed by atoms with Crippen LogP contribution in [0.5, 0.6) is 0 Å². The van der Waals surface area contributed by atoms with E-state index in [9.17, 15) is 8.78 Å². The van der Waals surface area contributed by atoms with E-state index in [0.717, 1.165) is 24.5 Å². The molecule has 2 nitrogen and oxygen atoms in total. The minimum absolute atomic E-state index is 0.152. The number of aliphatic hydroxyl groups excluding tert-OH is 1. The van der Waals surface area contributed by atoms with Crippen LogP contribution in [0.3, 0.4) is 0 Å². The van der Waals surface area contributed by atoms with Gasteiger partial charge in [0.2, 0.25) is 0 Å². The molecule has 4 heteroatoms. The third-order valence-electron chi connectivity index (χ3n) is 3.64. The molecule has 1 atom stereocenters. The second kappa shape index (κ2) is 8.61. The summed E-state index contributed by atoms with van der Waals surface area (Å²) in [5, 5.41) is 12.4. The van der Waals surface area contributed by atoms with Crippen LogP contribution >= 0.6 is 0 Å². The number of hydrogen-bond acceptors (Lipinski definition) is 2. The fraction of sp³-hybridized carbons (Fsp3) is 0.333. The maximum absolute atomic E-state index is 13.2. The Hall–Kier alpha value is -1.78. The van der Waals surface area contributed by atoms with Crippen molar-refractivity contribution in [2.75, 3.05) is 13.2 Å². The summed E-state index contributed by atoms with van der Waals surface area (Å²) in [6.07, 6.45) is 2.18. The van der Waals surface area contributed by atoms with Gasteiger partial charge >= 0.3 is 0 Å². The average molecular weight is 305 g/mol. The van der Waals surface area contributed by atoms with Crippen molar-refractivity contribution in [2.45, 2.75) is 25.3 Å². The van der Waals surface area contributed by atoms with Gasteiger partial charge < -0.3 is 10.4 Å². The smallest absolute Gasteiger partial charge is 0.159 e. The van der Waals surface area contributed by atoms with Crippen molar-refractivity contribution >= 4 is 0 Å². The van der Waals surface area contributed by atoms with Crippen LogP contribution in [0.25, 0.3) is 0 Å². The van der Waals surface area contributed by atoms with Crippen molar-refractivity contribution in [3.8, 4) is 0 Å². The molecule has 0 fully saturated rings. The van der Waals surface area contributed by atoms with Gasteiger partial charge in [-0.15, -0.1) is 0 Å². The van der Waals surface area contributed by atoms with E-state index in [0.29, 0.717) is 13.0 Å². The second-order valence-corrected chi connectivity index (χ2v) is 5.28. The maximum Gasteiger partial charge on any atom is 0.159 e. The second-order valence-electron chi connectivity index (χ2n) is 5.28. The highest BCUT2D eigenvalue weighted by Gasteiger charge is 2.10. The van der Waals surface area contributed by atoms with Gasteiger partial charge in [0.15, 0.2) is 11.6 Å². The first-order valence-corrected chi connectivity index (χ1v) is 7.54. The molecular formula is C18H21F2NO. The Bertz CT molecular complexity index is 575. The molecule has 1 unspecified atom stereocenters. The largest absolute Gasteiger partial charge is 0.396 e. The van der Waals surface area contributed by atoms with E-state index in [1.807, 2.05) is 30.3 Å². The minimum Gasteiger partial charge on any atom is -0.396 e. The highest BCUT2D eigenvalue weighted by Crippen LogP contribution is 2.18. The Balaban J connectivity index is 1.92. The summed E-state index contributed by atoms with van der Waals surface area (Å²) in [7, 11) is 0. The molecular weight excluding hydrogens is 284 g/mol. The van der Waals surface area contributed by atoms with Crippen LogP contribution in [-0.2, 0) is 6.42 Å². The first-order valence-electron chi connectivity index (χ1n) is 7.54. The molecule has 118 valence electrons. The van der Waals surface area contributed by atoms with Crippen molar-refractivity contribution in [1.82, 2.24) is 5.32 Å². The lowest BCUT2D eigenvalue weighted by molar-refractivity contribution is 0.275. The molecule has 0 aliphatic heterocycles. The number of rotatable bonds is 8. The normalized spacial score (nSPS) is 12.3. The summed E-state index contributed by atoms with van der Waals surface area (Å²) < 4.78 is 26.1. The summed E-state index contributed by atoms with van der Waals surface area (Å²) in [5.74, 6) is -1.63. The van der Waals surface area contributed by atoms with Crippen LogP contribution in [0.4, 0.5) is 8.78 Å². The van der Waals surface area contributed by atoms with Gasteiger partial charge in [-0.05, 0) is 49.1 Å². The zero-order valence-corrected chi connectivity index (χ0v) is 12.4. The number of benzene rings is 2. The lowest BCUT2D eigenvalue weighted by Crippen LogP contribution is -2.24. The Kier molecular flexibility index (Phi) is 6.49. The van der Waals surface area contributed by atoms with Crippen LogP contribution in [-0.4, -0.2) is 18.3 Å². The van der Waals surface area contributed by atoms with E-state index in [1.54, 1.807) is 6.07 Å². The zero-order valence-electron chi connectivity index (χ0n) is 12.4. The van der Waals surface area contributed by atoms with Crippen LogP contribution in [0.1, 0.15) is 30.0 Å². The molecule has 0 heterocycles. The topological polar surface area (TPSA) is 32.3 Å². The molecule has 0 aliphatic carbocycles. The molecule has 2 N–H and O–H groups in total. The molecule has 0 saturated heterocycles. The van der Waals surface area contributed by atoms with Crippen LogP contribution in [0.15, 0.2) is 48.5 Å².